The molecule has 0 radical (unpaired) electrons. The zero-order valence-electron chi connectivity index (χ0n) is 18.7. The molecular formula is C21H32N6O4. The fourth-order valence-electron chi connectivity index (χ4n) is 3.78. The summed E-state index contributed by atoms with van der Waals surface area (Å²) in [5.41, 5.74) is -0.365. The van der Waals surface area contributed by atoms with Gasteiger partial charge in [-0.2, -0.15) is 0 Å². The number of aryl methyl sites for hydroxylation is 2. The molecular weight excluding hydrogens is 400 g/mol. The first-order chi connectivity index (χ1) is 14.6. The Bertz CT molecular complexity index is 1020. The minimum Gasteiger partial charge on any atom is -0.444 e. The molecule has 2 aromatic heterocycles. The molecule has 0 aromatic carbocycles. The molecule has 1 fully saturated rings. The Morgan fingerprint density at radius 2 is 2.10 bits per heavy atom. The standard InChI is InChI=1S/C21H32N6O4/c1-15-12-22-14-26(15)9-6-10-27-18(11-17(28)24-19(27)29)25-8-5-7-16(13-25)23-20(30)31-21(2,3)4/h11-12,14,16H,5-10,13H2,1-4H3,(H,23,30)(H,24,28,29)/t16-/m1/s1. The lowest BCUT2D eigenvalue weighted by atomic mass is 10.1. The molecule has 1 aliphatic heterocycles. The monoisotopic (exact) mass is 432 g/mol. The number of nitrogens with one attached hydrogen (secondary N) is 2. The Labute approximate surface area is 181 Å². The maximum atomic E-state index is 12.6. The highest BCUT2D eigenvalue weighted by atomic mass is 16.6. The lowest BCUT2D eigenvalue weighted by Gasteiger charge is -2.35. The number of hydrogen-bond donors (Lipinski definition) is 2. The average molecular weight is 433 g/mol. The number of anilines is 1. The Morgan fingerprint density at radius 1 is 1.32 bits per heavy atom. The summed E-state index contributed by atoms with van der Waals surface area (Å²) in [6.07, 6.45) is 5.45. The van der Waals surface area contributed by atoms with Crippen LogP contribution in [0.3, 0.4) is 0 Å². The molecule has 1 saturated heterocycles. The third-order valence-corrected chi connectivity index (χ3v) is 5.18. The molecule has 31 heavy (non-hydrogen) atoms. The number of imidazole rings is 1. The van der Waals surface area contributed by atoms with Crippen LogP contribution in [0.4, 0.5) is 10.6 Å². The second-order valence-corrected chi connectivity index (χ2v) is 8.96. The SMILES string of the molecule is Cc1cncn1CCCn1c(N2CCC[C@@H](NC(=O)OC(C)(C)C)C2)cc(=O)[nH]c1=O. The molecule has 0 bridgehead atoms. The van der Waals surface area contributed by atoms with E-state index in [1.165, 1.54) is 6.07 Å². The van der Waals surface area contributed by atoms with Gasteiger partial charge >= 0.3 is 11.8 Å². The van der Waals surface area contributed by atoms with E-state index in [4.69, 9.17) is 4.74 Å². The maximum Gasteiger partial charge on any atom is 0.407 e. The van der Waals surface area contributed by atoms with Crippen molar-refractivity contribution in [3.63, 3.8) is 0 Å². The first-order valence-electron chi connectivity index (χ1n) is 10.7. The predicted molar refractivity (Wildman–Crippen MR) is 118 cm³/mol. The topological polar surface area (TPSA) is 114 Å². The van der Waals surface area contributed by atoms with Crippen LogP contribution in [0.15, 0.2) is 28.2 Å². The van der Waals surface area contributed by atoms with Crippen molar-refractivity contribution < 1.29 is 9.53 Å². The van der Waals surface area contributed by atoms with E-state index in [1.807, 2.05) is 37.2 Å². The van der Waals surface area contributed by atoms with Crippen LogP contribution in [0.1, 0.15) is 45.7 Å². The summed E-state index contributed by atoms with van der Waals surface area (Å²) in [6.45, 7) is 9.83. The van der Waals surface area contributed by atoms with Crippen LogP contribution in [0, 0.1) is 6.92 Å². The highest BCUT2D eigenvalue weighted by molar-refractivity contribution is 5.68. The lowest BCUT2D eigenvalue weighted by molar-refractivity contribution is 0.0500. The van der Waals surface area contributed by atoms with Gasteiger partial charge in [0.1, 0.15) is 11.4 Å². The Kier molecular flexibility index (Phi) is 6.87. The second kappa shape index (κ2) is 9.40. The summed E-state index contributed by atoms with van der Waals surface area (Å²) in [7, 11) is 0. The van der Waals surface area contributed by atoms with Gasteiger partial charge in [0.2, 0.25) is 0 Å². The van der Waals surface area contributed by atoms with E-state index in [2.05, 4.69) is 15.3 Å². The number of carbonyl (C=O) groups is 1. The summed E-state index contributed by atoms with van der Waals surface area (Å²) in [6, 6.07) is 1.33. The molecule has 1 aliphatic rings. The van der Waals surface area contributed by atoms with E-state index in [1.54, 1.807) is 17.1 Å². The lowest BCUT2D eigenvalue weighted by Crippen LogP contribution is -2.50. The van der Waals surface area contributed by atoms with E-state index < -0.39 is 22.9 Å². The molecule has 1 amide bonds. The number of alkyl carbamates (subject to hydrolysis) is 1. The highest BCUT2D eigenvalue weighted by Crippen LogP contribution is 2.19. The Hall–Kier alpha value is -3.04. The number of aromatic amines is 1. The van der Waals surface area contributed by atoms with E-state index >= 15 is 0 Å². The number of ether oxygens (including phenoxy) is 1. The number of carbonyl (C=O) groups excluding carboxylic acids is 1. The van der Waals surface area contributed by atoms with E-state index in [-0.39, 0.29) is 6.04 Å². The Balaban J connectivity index is 1.71. The number of aromatic nitrogens is 4. The molecule has 170 valence electrons. The van der Waals surface area contributed by atoms with Crippen molar-refractivity contribution in [2.45, 2.75) is 71.7 Å². The molecule has 3 rings (SSSR count). The smallest absolute Gasteiger partial charge is 0.407 e. The minimum atomic E-state index is -0.570. The van der Waals surface area contributed by atoms with Gasteiger partial charge in [-0.1, -0.05) is 0 Å². The molecule has 0 aliphatic carbocycles. The third kappa shape index (κ3) is 6.22. The molecule has 0 unspecified atom stereocenters. The van der Waals surface area contributed by atoms with Crippen LogP contribution in [-0.2, 0) is 17.8 Å². The molecule has 0 spiro atoms. The molecule has 10 heteroatoms. The van der Waals surface area contributed by atoms with Gasteiger partial charge in [-0.15, -0.1) is 0 Å². The number of amides is 1. The average Bonchev–Trinajstić information content (AvgIpc) is 3.06. The van der Waals surface area contributed by atoms with Crippen molar-refractivity contribution in [2.75, 3.05) is 18.0 Å². The quantitative estimate of drug-likeness (QED) is 0.717. The number of rotatable bonds is 6. The van der Waals surface area contributed by atoms with Crippen LogP contribution in [0.25, 0.3) is 0 Å². The van der Waals surface area contributed by atoms with E-state index in [0.29, 0.717) is 31.9 Å². The number of H-pyrrole nitrogens is 1. The van der Waals surface area contributed by atoms with Gasteiger partial charge in [0, 0.05) is 50.2 Å². The maximum absolute atomic E-state index is 12.6. The summed E-state index contributed by atoms with van der Waals surface area (Å²) in [5, 5.41) is 2.91. The molecule has 2 N–H and O–H groups in total. The van der Waals surface area contributed by atoms with E-state index in [0.717, 1.165) is 25.1 Å². The number of piperidine rings is 1. The molecule has 1 atom stereocenters. The fraction of sp³-hybridized carbons (Fsp3) is 0.619. The van der Waals surface area contributed by atoms with Gasteiger partial charge in [-0.25, -0.2) is 14.6 Å². The van der Waals surface area contributed by atoms with Gasteiger partial charge in [0.15, 0.2) is 0 Å². The largest absolute Gasteiger partial charge is 0.444 e. The van der Waals surface area contributed by atoms with Crippen molar-refractivity contribution in [3.05, 3.63) is 45.1 Å². The molecule has 0 saturated carbocycles. The van der Waals surface area contributed by atoms with Gasteiger partial charge in [-0.05, 0) is 47.0 Å². The summed E-state index contributed by atoms with van der Waals surface area (Å²) in [4.78, 5) is 45.2. The summed E-state index contributed by atoms with van der Waals surface area (Å²) in [5.74, 6) is 0.576. The first kappa shape index (κ1) is 22.6. The summed E-state index contributed by atoms with van der Waals surface area (Å²) >= 11 is 0. The van der Waals surface area contributed by atoms with Crippen LogP contribution >= 0.6 is 0 Å². The summed E-state index contributed by atoms with van der Waals surface area (Å²) < 4.78 is 8.98. The van der Waals surface area contributed by atoms with Gasteiger partial charge in [-0.3, -0.25) is 14.3 Å². The van der Waals surface area contributed by atoms with Crippen LogP contribution in [0.5, 0.6) is 0 Å². The number of nitrogens with zero attached hydrogens (tertiary/aromatic N) is 4. The normalized spacial score (nSPS) is 16.9. The minimum absolute atomic E-state index is 0.125. The predicted octanol–water partition coefficient (Wildman–Crippen LogP) is 1.63. The fourth-order valence-corrected chi connectivity index (χ4v) is 3.78. The molecule has 10 nitrogen and oxygen atoms in total. The third-order valence-electron chi connectivity index (χ3n) is 5.18. The van der Waals surface area contributed by atoms with Gasteiger partial charge < -0.3 is 19.5 Å². The zero-order valence-corrected chi connectivity index (χ0v) is 18.7. The van der Waals surface area contributed by atoms with Gasteiger partial charge in [0.05, 0.1) is 6.33 Å². The van der Waals surface area contributed by atoms with Gasteiger partial charge in [0.25, 0.3) is 5.56 Å². The van der Waals surface area contributed by atoms with Crippen molar-refractivity contribution >= 4 is 11.9 Å². The zero-order chi connectivity index (χ0) is 22.6. The van der Waals surface area contributed by atoms with Crippen molar-refractivity contribution in [2.24, 2.45) is 0 Å². The Morgan fingerprint density at radius 3 is 2.77 bits per heavy atom. The highest BCUT2D eigenvalue weighted by Gasteiger charge is 2.26. The van der Waals surface area contributed by atoms with Crippen molar-refractivity contribution in [1.29, 1.82) is 0 Å². The molecule has 3 heterocycles. The first-order valence-corrected chi connectivity index (χ1v) is 10.7. The van der Waals surface area contributed by atoms with Crippen LogP contribution in [0.2, 0.25) is 0 Å². The second-order valence-electron chi connectivity index (χ2n) is 8.96. The number of hydrogen-bond acceptors (Lipinski definition) is 6. The van der Waals surface area contributed by atoms with Crippen LogP contribution < -0.4 is 21.5 Å². The molecule has 2 aromatic rings. The van der Waals surface area contributed by atoms with Crippen molar-refractivity contribution in [3.8, 4) is 0 Å². The van der Waals surface area contributed by atoms with Crippen molar-refractivity contribution in [1.82, 2.24) is 24.4 Å². The van der Waals surface area contributed by atoms with E-state index in [9.17, 15) is 14.4 Å². The van der Waals surface area contributed by atoms with Crippen LogP contribution in [-0.4, -0.2) is 49.9 Å².